The number of anilines is 2. The van der Waals surface area contributed by atoms with Crippen molar-refractivity contribution in [1.29, 1.82) is 0 Å². The van der Waals surface area contributed by atoms with Gasteiger partial charge in [-0.25, -0.2) is 4.79 Å². The van der Waals surface area contributed by atoms with Crippen LogP contribution in [0.2, 0.25) is 0 Å². The molecule has 190 valence electrons. The summed E-state index contributed by atoms with van der Waals surface area (Å²) in [6.45, 7) is 3.54. The van der Waals surface area contributed by atoms with Gasteiger partial charge in [0.15, 0.2) is 6.61 Å². The van der Waals surface area contributed by atoms with Crippen molar-refractivity contribution in [3.63, 3.8) is 0 Å². The number of amides is 3. The van der Waals surface area contributed by atoms with Crippen LogP contribution in [0, 0.1) is 11.8 Å². The second kappa shape index (κ2) is 11.0. The Morgan fingerprint density at radius 1 is 0.944 bits per heavy atom. The van der Waals surface area contributed by atoms with E-state index in [1.165, 1.54) is 12.1 Å². The number of ether oxygens (including phenoxy) is 1. The van der Waals surface area contributed by atoms with Gasteiger partial charge in [-0.05, 0) is 55.0 Å². The number of alkyl halides is 2. The highest BCUT2D eigenvalue weighted by molar-refractivity contribution is 6.31. The maximum Gasteiger partial charge on any atom is 0.338 e. The molecule has 4 rings (SSSR count). The number of nitrogens with one attached hydrogen (secondary N) is 1. The van der Waals surface area contributed by atoms with Crippen molar-refractivity contribution in [3.05, 3.63) is 59.2 Å². The summed E-state index contributed by atoms with van der Waals surface area (Å²) < 4.78 is 5.23. The number of carbonyl (C=O) groups excluding carboxylic acids is 4. The standard InChI is InChI=1S/C27H28Cl2N2O5/c1-3-15-7-5-8-16(4-2)24(15)30-23(32)14-36-27(35)17-9-6-10-18(11-17)31-25(33)19-12-21(28)22(29)13-20(19)26(31)34/h5-11,19-22H,3-4,12-14H2,1-2H3,(H,30,32)/t19-,20+,21-,22-/m0/s1. The van der Waals surface area contributed by atoms with Crippen molar-refractivity contribution in [1.82, 2.24) is 0 Å². The summed E-state index contributed by atoms with van der Waals surface area (Å²) in [5, 5.41) is 2.10. The summed E-state index contributed by atoms with van der Waals surface area (Å²) in [6.07, 6.45) is 2.17. The van der Waals surface area contributed by atoms with E-state index >= 15 is 0 Å². The number of para-hydroxylation sites is 1. The van der Waals surface area contributed by atoms with Crippen LogP contribution in [0.1, 0.15) is 48.2 Å². The van der Waals surface area contributed by atoms with Gasteiger partial charge in [-0.1, -0.05) is 38.1 Å². The largest absolute Gasteiger partial charge is 0.452 e. The van der Waals surface area contributed by atoms with E-state index in [9.17, 15) is 19.2 Å². The predicted octanol–water partition coefficient (Wildman–Crippen LogP) is 4.72. The number of benzene rings is 2. The van der Waals surface area contributed by atoms with Crippen LogP contribution < -0.4 is 10.2 Å². The van der Waals surface area contributed by atoms with E-state index in [0.29, 0.717) is 12.8 Å². The van der Waals surface area contributed by atoms with Gasteiger partial charge in [-0.15, -0.1) is 23.2 Å². The van der Waals surface area contributed by atoms with Gasteiger partial charge in [0, 0.05) is 5.69 Å². The first kappa shape index (κ1) is 26.2. The molecular formula is C27H28Cl2N2O5. The molecule has 1 aliphatic heterocycles. The molecule has 2 aromatic rings. The molecule has 1 saturated carbocycles. The minimum atomic E-state index is -0.732. The van der Waals surface area contributed by atoms with E-state index in [4.69, 9.17) is 27.9 Å². The Kier molecular flexibility index (Phi) is 8.00. The SMILES string of the molecule is CCc1cccc(CC)c1NC(=O)COC(=O)c1cccc(N2C(=O)[C@H]3C[C@H](Cl)[C@@H](Cl)C[C@H]3C2=O)c1. The van der Waals surface area contributed by atoms with Crippen LogP contribution in [0.4, 0.5) is 11.4 Å². The molecule has 2 aromatic carbocycles. The number of fused-ring (bicyclic) bond motifs is 1. The number of hydrogen-bond acceptors (Lipinski definition) is 5. The van der Waals surface area contributed by atoms with E-state index in [1.807, 2.05) is 32.0 Å². The molecule has 1 aliphatic carbocycles. The number of aryl methyl sites for hydroxylation is 2. The predicted molar refractivity (Wildman–Crippen MR) is 139 cm³/mol. The fourth-order valence-corrected chi connectivity index (χ4v) is 5.50. The topological polar surface area (TPSA) is 92.8 Å². The molecule has 0 aromatic heterocycles. The molecule has 7 nitrogen and oxygen atoms in total. The molecule has 36 heavy (non-hydrogen) atoms. The molecule has 0 spiro atoms. The molecule has 2 aliphatic rings. The van der Waals surface area contributed by atoms with E-state index in [0.717, 1.165) is 34.6 Å². The minimum absolute atomic E-state index is 0.129. The number of carbonyl (C=O) groups is 4. The lowest BCUT2D eigenvalue weighted by Gasteiger charge is -2.28. The Morgan fingerprint density at radius 3 is 2.06 bits per heavy atom. The zero-order valence-corrected chi connectivity index (χ0v) is 21.6. The third-order valence-corrected chi connectivity index (χ3v) is 7.94. The first-order valence-corrected chi connectivity index (χ1v) is 13.0. The quantitative estimate of drug-likeness (QED) is 0.317. The van der Waals surface area contributed by atoms with E-state index in [2.05, 4.69) is 5.32 Å². The molecule has 1 saturated heterocycles. The summed E-state index contributed by atoms with van der Waals surface area (Å²) >= 11 is 12.5. The van der Waals surface area contributed by atoms with Crippen LogP contribution in [0.5, 0.6) is 0 Å². The normalized spacial score (nSPS) is 23.4. The van der Waals surface area contributed by atoms with E-state index in [1.54, 1.807) is 12.1 Å². The van der Waals surface area contributed by atoms with Crippen molar-refractivity contribution in [2.75, 3.05) is 16.8 Å². The fourth-order valence-electron chi connectivity index (χ4n) is 4.91. The highest BCUT2D eigenvalue weighted by Gasteiger charge is 2.52. The fraction of sp³-hybridized carbons (Fsp3) is 0.407. The van der Waals surface area contributed by atoms with Gasteiger partial charge in [0.25, 0.3) is 5.91 Å². The highest BCUT2D eigenvalue weighted by atomic mass is 35.5. The average Bonchev–Trinajstić information content (AvgIpc) is 3.11. The van der Waals surface area contributed by atoms with Crippen LogP contribution in [0.15, 0.2) is 42.5 Å². The van der Waals surface area contributed by atoms with Crippen molar-refractivity contribution >= 4 is 58.3 Å². The van der Waals surface area contributed by atoms with Gasteiger partial charge in [0.05, 0.1) is 33.8 Å². The monoisotopic (exact) mass is 530 g/mol. The van der Waals surface area contributed by atoms with Gasteiger partial charge in [0.1, 0.15) is 0 Å². The molecule has 4 atom stereocenters. The zero-order chi connectivity index (χ0) is 26.0. The second-order valence-electron chi connectivity index (χ2n) is 9.06. The molecule has 1 N–H and O–H groups in total. The Morgan fingerprint density at radius 2 is 1.50 bits per heavy atom. The number of halogens is 2. The summed E-state index contributed by atoms with van der Waals surface area (Å²) in [6, 6.07) is 11.9. The Bertz CT molecular complexity index is 1150. The van der Waals surface area contributed by atoms with Gasteiger partial charge >= 0.3 is 5.97 Å². The minimum Gasteiger partial charge on any atom is -0.452 e. The lowest BCUT2D eigenvalue weighted by molar-refractivity contribution is -0.122. The molecule has 9 heteroatoms. The number of nitrogens with zero attached hydrogens (tertiary/aromatic N) is 1. The van der Waals surface area contributed by atoms with Crippen molar-refractivity contribution in [2.45, 2.75) is 50.3 Å². The van der Waals surface area contributed by atoms with Crippen molar-refractivity contribution in [2.24, 2.45) is 11.8 Å². The maximum absolute atomic E-state index is 13.0. The molecule has 1 heterocycles. The van der Waals surface area contributed by atoms with Crippen LogP contribution in [-0.4, -0.2) is 41.1 Å². The number of rotatable bonds is 7. The molecule has 0 bridgehead atoms. The molecule has 3 amide bonds. The number of imide groups is 1. The highest BCUT2D eigenvalue weighted by Crippen LogP contribution is 2.43. The van der Waals surface area contributed by atoms with E-state index in [-0.39, 0.29) is 33.8 Å². The van der Waals surface area contributed by atoms with E-state index < -0.39 is 30.3 Å². The Hall–Kier alpha value is -2.90. The first-order chi connectivity index (χ1) is 17.2. The molecular weight excluding hydrogens is 503 g/mol. The van der Waals surface area contributed by atoms with Gasteiger partial charge in [-0.3, -0.25) is 19.3 Å². The zero-order valence-electron chi connectivity index (χ0n) is 20.1. The third kappa shape index (κ3) is 5.13. The first-order valence-electron chi connectivity index (χ1n) is 12.1. The average molecular weight is 531 g/mol. The summed E-state index contributed by atoms with van der Waals surface area (Å²) in [4.78, 5) is 52.4. The lowest BCUT2D eigenvalue weighted by atomic mass is 9.80. The van der Waals surface area contributed by atoms with Gasteiger partial charge in [0.2, 0.25) is 11.8 Å². The number of hydrogen-bond donors (Lipinski definition) is 1. The Labute approximate surface area is 220 Å². The third-order valence-electron chi connectivity index (χ3n) is 6.85. The summed E-state index contributed by atoms with van der Waals surface area (Å²) in [5.41, 5.74) is 3.16. The summed E-state index contributed by atoms with van der Waals surface area (Å²) in [5.74, 6) is -2.91. The summed E-state index contributed by atoms with van der Waals surface area (Å²) in [7, 11) is 0. The molecule has 0 unspecified atom stereocenters. The Balaban J connectivity index is 1.43. The van der Waals surface area contributed by atoms with Crippen LogP contribution >= 0.6 is 23.2 Å². The molecule has 2 fully saturated rings. The lowest BCUT2D eigenvalue weighted by Crippen LogP contribution is -2.34. The van der Waals surface area contributed by atoms with Crippen LogP contribution in [0.3, 0.4) is 0 Å². The smallest absolute Gasteiger partial charge is 0.338 e. The van der Waals surface area contributed by atoms with Crippen molar-refractivity contribution in [3.8, 4) is 0 Å². The maximum atomic E-state index is 13.0. The number of esters is 1. The second-order valence-corrected chi connectivity index (χ2v) is 10.2. The van der Waals surface area contributed by atoms with Gasteiger partial charge < -0.3 is 10.1 Å². The van der Waals surface area contributed by atoms with Crippen molar-refractivity contribution < 1.29 is 23.9 Å². The van der Waals surface area contributed by atoms with Crippen LogP contribution in [-0.2, 0) is 32.0 Å². The van der Waals surface area contributed by atoms with Crippen LogP contribution in [0.25, 0.3) is 0 Å². The molecule has 0 radical (unpaired) electrons. The van der Waals surface area contributed by atoms with Gasteiger partial charge in [-0.2, -0.15) is 0 Å².